The molecule has 1 N–H and O–H groups in total. The fourth-order valence-corrected chi connectivity index (χ4v) is 1.65. The molecule has 1 atom stereocenters. The van der Waals surface area contributed by atoms with Gasteiger partial charge in [0.1, 0.15) is 0 Å². The Kier molecular flexibility index (Phi) is 4.26. The van der Waals surface area contributed by atoms with Crippen LogP contribution in [-0.4, -0.2) is 11.0 Å². The Morgan fingerprint density at radius 3 is 2.69 bits per heavy atom. The number of hydrogen-bond acceptors (Lipinski definition) is 1. The third kappa shape index (κ3) is 2.71. The van der Waals surface area contributed by atoms with Crippen molar-refractivity contribution in [1.82, 2.24) is 0 Å². The largest absolute Gasteiger partial charge is 0.388 e. The molecule has 0 amide bonds. The molecular formula is C11H15ClO. The molecule has 0 aromatic heterocycles. The topological polar surface area (TPSA) is 20.2 Å². The average molecular weight is 199 g/mol. The van der Waals surface area contributed by atoms with E-state index in [9.17, 15) is 5.11 Å². The summed E-state index contributed by atoms with van der Waals surface area (Å²) in [5, 5.41) is 9.75. The average Bonchev–Trinajstić information content (AvgIpc) is 2.18. The van der Waals surface area contributed by atoms with E-state index >= 15 is 0 Å². The minimum absolute atomic E-state index is 0.409. The van der Waals surface area contributed by atoms with Crippen molar-refractivity contribution in [2.45, 2.75) is 25.9 Å². The fourth-order valence-electron chi connectivity index (χ4n) is 1.44. The summed E-state index contributed by atoms with van der Waals surface area (Å²) in [5.74, 6) is 0.499. The minimum atomic E-state index is -0.409. The summed E-state index contributed by atoms with van der Waals surface area (Å²) in [6.07, 6.45) is 1.17. The highest BCUT2D eigenvalue weighted by atomic mass is 35.5. The summed E-state index contributed by atoms with van der Waals surface area (Å²) >= 11 is 5.58. The molecule has 0 saturated heterocycles. The van der Waals surface area contributed by atoms with Crippen molar-refractivity contribution in [3.05, 3.63) is 35.4 Å². The molecule has 1 aromatic rings. The van der Waals surface area contributed by atoms with Crippen LogP contribution in [0, 0.1) is 0 Å². The summed E-state index contributed by atoms with van der Waals surface area (Å²) in [4.78, 5) is 0. The summed E-state index contributed by atoms with van der Waals surface area (Å²) in [6.45, 7) is 2.09. The Balaban J connectivity index is 2.85. The van der Waals surface area contributed by atoms with Crippen LogP contribution >= 0.6 is 11.6 Å². The first kappa shape index (κ1) is 10.6. The molecule has 1 unspecified atom stereocenters. The first-order chi connectivity index (χ1) is 6.29. The second-order valence-electron chi connectivity index (χ2n) is 3.05. The molecule has 1 nitrogen and oxygen atoms in total. The summed E-state index contributed by atoms with van der Waals surface area (Å²) < 4.78 is 0. The van der Waals surface area contributed by atoms with Gasteiger partial charge in [-0.2, -0.15) is 0 Å². The molecule has 0 bridgehead atoms. The van der Waals surface area contributed by atoms with Crippen LogP contribution in [-0.2, 0) is 6.42 Å². The minimum Gasteiger partial charge on any atom is -0.388 e. The van der Waals surface area contributed by atoms with E-state index in [0.29, 0.717) is 12.3 Å². The van der Waals surface area contributed by atoms with Crippen molar-refractivity contribution < 1.29 is 5.11 Å². The van der Waals surface area contributed by atoms with Gasteiger partial charge in [-0.05, 0) is 24.0 Å². The first-order valence-electron chi connectivity index (χ1n) is 4.61. The number of hydrogen-bond donors (Lipinski definition) is 1. The molecule has 2 heteroatoms. The van der Waals surface area contributed by atoms with Gasteiger partial charge in [0.05, 0.1) is 6.10 Å². The Hall–Kier alpha value is -0.530. The third-order valence-corrected chi connectivity index (χ3v) is 2.40. The van der Waals surface area contributed by atoms with Gasteiger partial charge >= 0.3 is 0 Å². The van der Waals surface area contributed by atoms with Crippen LogP contribution in [0.15, 0.2) is 24.3 Å². The monoisotopic (exact) mass is 198 g/mol. The zero-order chi connectivity index (χ0) is 9.68. The number of benzene rings is 1. The maximum atomic E-state index is 9.75. The van der Waals surface area contributed by atoms with Crippen LogP contribution in [0.5, 0.6) is 0 Å². The predicted molar refractivity (Wildman–Crippen MR) is 56.1 cm³/mol. The maximum Gasteiger partial charge on any atom is 0.0804 e. The molecule has 13 heavy (non-hydrogen) atoms. The predicted octanol–water partition coefficient (Wildman–Crippen LogP) is 2.91. The number of aliphatic hydroxyl groups is 1. The third-order valence-electron chi connectivity index (χ3n) is 2.18. The maximum absolute atomic E-state index is 9.75. The summed E-state index contributed by atoms with van der Waals surface area (Å²) in [5.41, 5.74) is 2.23. The Morgan fingerprint density at radius 1 is 1.38 bits per heavy atom. The molecule has 1 rings (SSSR count). The lowest BCUT2D eigenvalue weighted by Crippen LogP contribution is -2.01. The normalized spacial score (nSPS) is 12.8. The first-order valence-corrected chi connectivity index (χ1v) is 5.14. The van der Waals surface area contributed by atoms with E-state index in [1.54, 1.807) is 0 Å². The SMILES string of the molecule is CCc1ccccc1C(O)CCCl. The van der Waals surface area contributed by atoms with Gasteiger partial charge in [0.25, 0.3) is 0 Å². The Labute approximate surface area is 84.4 Å². The second kappa shape index (κ2) is 5.25. The molecular weight excluding hydrogens is 184 g/mol. The number of aryl methyl sites for hydroxylation is 1. The van der Waals surface area contributed by atoms with Crippen LogP contribution in [0.25, 0.3) is 0 Å². The zero-order valence-corrected chi connectivity index (χ0v) is 8.59. The molecule has 0 aliphatic rings. The standard InChI is InChI=1S/C11H15ClO/c1-2-9-5-3-4-6-10(9)11(13)7-8-12/h3-6,11,13H,2,7-8H2,1H3. The Bertz CT molecular complexity index is 260. The van der Waals surface area contributed by atoms with E-state index in [4.69, 9.17) is 11.6 Å². The molecule has 1 aromatic carbocycles. The van der Waals surface area contributed by atoms with Gasteiger partial charge in [-0.1, -0.05) is 31.2 Å². The van der Waals surface area contributed by atoms with E-state index in [1.165, 1.54) is 5.56 Å². The smallest absolute Gasteiger partial charge is 0.0804 e. The van der Waals surface area contributed by atoms with Gasteiger partial charge in [0.2, 0.25) is 0 Å². The van der Waals surface area contributed by atoms with Crippen molar-refractivity contribution >= 4 is 11.6 Å². The molecule has 0 spiro atoms. The molecule has 0 radical (unpaired) electrons. The zero-order valence-electron chi connectivity index (χ0n) is 7.83. The van der Waals surface area contributed by atoms with E-state index in [0.717, 1.165) is 12.0 Å². The molecule has 0 fully saturated rings. The lowest BCUT2D eigenvalue weighted by molar-refractivity contribution is 0.173. The number of aliphatic hydroxyl groups excluding tert-OH is 1. The van der Waals surface area contributed by atoms with Crippen molar-refractivity contribution in [3.8, 4) is 0 Å². The lowest BCUT2D eigenvalue weighted by atomic mass is 9.99. The summed E-state index contributed by atoms with van der Waals surface area (Å²) in [6, 6.07) is 7.96. The van der Waals surface area contributed by atoms with E-state index in [2.05, 4.69) is 6.92 Å². The Morgan fingerprint density at radius 2 is 2.08 bits per heavy atom. The van der Waals surface area contributed by atoms with E-state index in [-0.39, 0.29) is 0 Å². The molecule has 0 saturated carbocycles. The van der Waals surface area contributed by atoms with Crippen molar-refractivity contribution in [2.75, 3.05) is 5.88 Å². The van der Waals surface area contributed by atoms with E-state index < -0.39 is 6.10 Å². The summed E-state index contributed by atoms with van der Waals surface area (Å²) in [7, 11) is 0. The molecule has 0 heterocycles. The number of alkyl halides is 1. The molecule has 72 valence electrons. The highest BCUT2D eigenvalue weighted by molar-refractivity contribution is 6.17. The fraction of sp³-hybridized carbons (Fsp3) is 0.455. The highest BCUT2D eigenvalue weighted by Gasteiger charge is 2.09. The van der Waals surface area contributed by atoms with Gasteiger partial charge in [0, 0.05) is 5.88 Å². The van der Waals surface area contributed by atoms with Gasteiger partial charge in [-0.25, -0.2) is 0 Å². The van der Waals surface area contributed by atoms with Gasteiger partial charge < -0.3 is 5.11 Å². The number of halogens is 1. The van der Waals surface area contributed by atoms with E-state index in [1.807, 2.05) is 24.3 Å². The van der Waals surface area contributed by atoms with Crippen LogP contribution < -0.4 is 0 Å². The van der Waals surface area contributed by atoms with Gasteiger partial charge in [0.15, 0.2) is 0 Å². The van der Waals surface area contributed by atoms with Crippen LogP contribution in [0.1, 0.15) is 30.6 Å². The quantitative estimate of drug-likeness (QED) is 0.738. The van der Waals surface area contributed by atoms with Crippen LogP contribution in [0.2, 0.25) is 0 Å². The van der Waals surface area contributed by atoms with Crippen molar-refractivity contribution in [1.29, 1.82) is 0 Å². The van der Waals surface area contributed by atoms with Gasteiger partial charge in [-0.15, -0.1) is 11.6 Å². The van der Waals surface area contributed by atoms with Crippen LogP contribution in [0.3, 0.4) is 0 Å². The van der Waals surface area contributed by atoms with Crippen molar-refractivity contribution in [3.63, 3.8) is 0 Å². The van der Waals surface area contributed by atoms with Crippen molar-refractivity contribution in [2.24, 2.45) is 0 Å². The lowest BCUT2D eigenvalue weighted by Gasteiger charge is -2.13. The highest BCUT2D eigenvalue weighted by Crippen LogP contribution is 2.21. The second-order valence-corrected chi connectivity index (χ2v) is 3.42. The molecule has 0 aliphatic heterocycles. The number of rotatable bonds is 4. The molecule has 0 aliphatic carbocycles. The van der Waals surface area contributed by atoms with Gasteiger partial charge in [-0.3, -0.25) is 0 Å². The van der Waals surface area contributed by atoms with Crippen LogP contribution in [0.4, 0.5) is 0 Å².